The number of fused-ring (bicyclic) bond motifs is 1. The second-order valence-electron chi connectivity index (χ2n) is 7.93. The molecule has 0 fully saturated rings. The first-order chi connectivity index (χ1) is 14.5. The Morgan fingerprint density at radius 3 is 1.83 bits per heavy atom. The van der Waals surface area contributed by atoms with Crippen molar-refractivity contribution in [2.24, 2.45) is 0 Å². The Morgan fingerprint density at radius 1 is 0.667 bits per heavy atom. The van der Waals surface area contributed by atoms with Gasteiger partial charge in [-0.3, -0.25) is 0 Å². The molecule has 4 rings (SSSR count). The molecule has 4 nitrogen and oxygen atoms in total. The fourth-order valence-corrected chi connectivity index (χ4v) is 4.31. The van der Waals surface area contributed by atoms with Crippen molar-refractivity contribution in [1.82, 2.24) is 0 Å². The van der Waals surface area contributed by atoms with Crippen LogP contribution in [0.5, 0.6) is 0 Å². The molecule has 3 aromatic carbocycles. The number of carboxylic acids is 2. The standard InChI is InChI=1S/C26H24O4/c27-25(28)23-16-22(14-18-10-11-19-8-4-5-9-20(19)13-18)24(26(29)30)15-21(23)12-17-6-2-1-3-7-17/h1-3,6-7,10-11,13,15-16H,4-5,8-9,12,14H2,(H,27,28)(H,29,30). The number of hydrogen-bond donors (Lipinski definition) is 2. The first-order valence-electron chi connectivity index (χ1n) is 10.3. The average molecular weight is 400 g/mol. The predicted octanol–water partition coefficient (Wildman–Crippen LogP) is 5.14. The zero-order chi connectivity index (χ0) is 21.1. The summed E-state index contributed by atoms with van der Waals surface area (Å²) in [5, 5.41) is 19.6. The highest BCUT2D eigenvalue weighted by Gasteiger charge is 2.19. The Balaban J connectivity index is 1.73. The number of carboxylic acid groups (broad SMARTS) is 2. The molecule has 3 aromatic rings. The molecule has 152 valence electrons. The largest absolute Gasteiger partial charge is 0.478 e. The van der Waals surface area contributed by atoms with Gasteiger partial charge in [-0.05, 0) is 84.0 Å². The van der Waals surface area contributed by atoms with Gasteiger partial charge in [-0.1, -0.05) is 48.5 Å². The van der Waals surface area contributed by atoms with Gasteiger partial charge >= 0.3 is 11.9 Å². The van der Waals surface area contributed by atoms with Crippen LogP contribution in [0.2, 0.25) is 0 Å². The fraction of sp³-hybridized carbons (Fsp3) is 0.231. The SMILES string of the molecule is O=C(O)c1cc(Cc2ccc3c(c2)CCCC3)c(C(=O)O)cc1Cc1ccccc1. The van der Waals surface area contributed by atoms with Crippen LogP contribution >= 0.6 is 0 Å². The Kier molecular flexibility index (Phi) is 5.66. The maximum atomic E-state index is 12.0. The first kappa shape index (κ1) is 19.9. The van der Waals surface area contributed by atoms with E-state index >= 15 is 0 Å². The molecule has 0 spiro atoms. The summed E-state index contributed by atoms with van der Waals surface area (Å²) in [6.45, 7) is 0. The normalized spacial score (nSPS) is 12.9. The van der Waals surface area contributed by atoms with Crippen molar-refractivity contribution in [3.63, 3.8) is 0 Å². The number of rotatable bonds is 6. The Labute approximate surface area is 175 Å². The minimum atomic E-state index is -1.04. The third-order valence-electron chi connectivity index (χ3n) is 5.83. The zero-order valence-corrected chi connectivity index (χ0v) is 16.7. The van der Waals surface area contributed by atoms with Crippen LogP contribution in [0, 0.1) is 0 Å². The lowest BCUT2D eigenvalue weighted by Crippen LogP contribution is -2.11. The quantitative estimate of drug-likeness (QED) is 0.601. The number of aromatic carboxylic acids is 2. The van der Waals surface area contributed by atoms with Crippen LogP contribution in [-0.4, -0.2) is 22.2 Å². The molecule has 30 heavy (non-hydrogen) atoms. The topological polar surface area (TPSA) is 74.6 Å². The van der Waals surface area contributed by atoms with Crippen molar-refractivity contribution < 1.29 is 19.8 Å². The summed E-state index contributed by atoms with van der Waals surface area (Å²) in [4.78, 5) is 23.9. The van der Waals surface area contributed by atoms with Gasteiger partial charge in [-0.2, -0.15) is 0 Å². The highest BCUT2D eigenvalue weighted by atomic mass is 16.4. The van der Waals surface area contributed by atoms with Gasteiger partial charge in [-0.15, -0.1) is 0 Å². The van der Waals surface area contributed by atoms with E-state index in [1.54, 1.807) is 6.07 Å². The van der Waals surface area contributed by atoms with E-state index in [-0.39, 0.29) is 11.1 Å². The number of aryl methyl sites for hydroxylation is 2. The number of carbonyl (C=O) groups is 2. The maximum absolute atomic E-state index is 12.0. The van der Waals surface area contributed by atoms with E-state index in [2.05, 4.69) is 12.1 Å². The fourth-order valence-electron chi connectivity index (χ4n) is 4.31. The molecular weight excluding hydrogens is 376 g/mol. The lowest BCUT2D eigenvalue weighted by molar-refractivity contribution is 0.0679. The van der Waals surface area contributed by atoms with Gasteiger partial charge in [0.15, 0.2) is 0 Å². The van der Waals surface area contributed by atoms with Crippen LogP contribution in [0.25, 0.3) is 0 Å². The van der Waals surface area contributed by atoms with Crippen LogP contribution in [0.4, 0.5) is 0 Å². The highest BCUT2D eigenvalue weighted by Crippen LogP contribution is 2.26. The molecule has 0 bridgehead atoms. The van der Waals surface area contributed by atoms with Crippen molar-refractivity contribution in [1.29, 1.82) is 0 Å². The summed E-state index contributed by atoms with van der Waals surface area (Å²) in [5.41, 5.74) is 6.04. The predicted molar refractivity (Wildman–Crippen MR) is 115 cm³/mol. The highest BCUT2D eigenvalue weighted by molar-refractivity contribution is 5.95. The van der Waals surface area contributed by atoms with Crippen molar-refractivity contribution in [2.75, 3.05) is 0 Å². The second kappa shape index (κ2) is 8.54. The van der Waals surface area contributed by atoms with Crippen molar-refractivity contribution >= 4 is 11.9 Å². The van der Waals surface area contributed by atoms with E-state index < -0.39 is 11.9 Å². The molecule has 1 aliphatic rings. The molecule has 0 radical (unpaired) electrons. The van der Waals surface area contributed by atoms with Crippen LogP contribution < -0.4 is 0 Å². The molecule has 0 atom stereocenters. The van der Waals surface area contributed by atoms with Crippen molar-refractivity contribution in [2.45, 2.75) is 38.5 Å². The second-order valence-corrected chi connectivity index (χ2v) is 7.93. The third kappa shape index (κ3) is 4.28. The summed E-state index contributed by atoms with van der Waals surface area (Å²) < 4.78 is 0. The monoisotopic (exact) mass is 400 g/mol. The summed E-state index contributed by atoms with van der Waals surface area (Å²) >= 11 is 0. The first-order valence-corrected chi connectivity index (χ1v) is 10.3. The van der Waals surface area contributed by atoms with Crippen LogP contribution in [0.3, 0.4) is 0 Å². The van der Waals surface area contributed by atoms with E-state index in [1.165, 1.54) is 30.0 Å². The van der Waals surface area contributed by atoms with Gasteiger partial charge in [0.05, 0.1) is 11.1 Å². The van der Waals surface area contributed by atoms with Crippen molar-refractivity contribution in [3.8, 4) is 0 Å². The lowest BCUT2D eigenvalue weighted by atomic mass is 9.87. The molecule has 4 heteroatoms. The van der Waals surface area contributed by atoms with Crippen LogP contribution in [0.1, 0.15) is 66.9 Å². The minimum absolute atomic E-state index is 0.164. The Bertz CT molecular complexity index is 1100. The molecule has 0 aromatic heterocycles. The van der Waals surface area contributed by atoms with Crippen molar-refractivity contribution in [3.05, 3.63) is 105 Å². The molecule has 0 aliphatic heterocycles. The Hall–Kier alpha value is -3.40. The van der Waals surface area contributed by atoms with E-state index in [1.807, 2.05) is 36.4 Å². The average Bonchev–Trinajstić information content (AvgIpc) is 2.75. The molecule has 0 heterocycles. The van der Waals surface area contributed by atoms with Crippen LogP contribution in [0.15, 0.2) is 60.7 Å². The van der Waals surface area contributed by atoms with Crippen LogP contribution in [-0.2, 0) is 25.7 Å². The number of hydrogen-bond acceptors (Lipinski definition) is 2. The van der Waals surface area contributed by atoms with Gasteiger partial charge in [0.2, 0.25) is 0 Å². The van der Waals surface area contributed by atoms with Gasteiger partial charge < -0.3 is 10.2 Å². The van der Waals surface area contributed by atoms with Gasteiger partial charge in [0.1, 0.15) is 0 Å². The molecule has 1 aliphatic carbocycles. The number of benzene rings is 3. The summed E-state index contributed by atoms with van der Waals surface area (Å²) in [6.07, 6.45) is 5.30. The molecule has 0 amide bonds. The van der Waals surface area contributed by atoms with E-state index in [0.29, 0.717) is 24.0 Å². The Morgan fingerprint density at radius 2 is 1.23 bits per heavy atom. The summed E-state index contributed by atoms with van der Waals surface area (Å²) in [5.74, 6) is -2.07. The minimum Gasteiger partial charge on any atom is -0.478 e. The third-order valence-corrected chi connectivity index (χ3v) is 5.83. The molecule has 0 saturated carbocycles. The molecule has 0 saturated heterocycles. The van der Waals surface area contributed by atoms with Gasteiger partial charge in [0, 0.05) is 0 Å². The van der Waals surface area contributed by atoms with E-state index in [9.17, 15) is 19.8 Å². The molecule has 2 N–H and O–H groups in total. The van der Waals surface area contributed by atoms with E-state index in [4.69, 9.17) is 0 Å². The zero-order valence-electron chi connectivity index (χ0n) is 16.7. The molecule has 0 unspecified atom stereocenters. The molecular formula is C26H24O4. The summed E-state index contributed by atoms with van der Waals surface area (Å²) in [7, 11) is 0. The van der Waals surface area contributed by atoms with Gasteiger partial charge in [-0.25, -0.2) is 9.59 Å². The maximum Gasteiger partial charge on any atom is 0.335 e. The van der Waals surface area contributed by atoms with Gasteiger partial charge in [0.25, 0.3) is 0 Å². The lowest BCUT2D eigenvalue weighted by Gasteiger charge is -2.17. The smallest absolute Gasteiger partial charge is 0.335 e. The van der Waals surface area contributed by atoms with E-state index in [0.717, 1.165) is 24.0 Å². The summed E-state index contributed by atoms with van der Waals surface area (Å²) in [6, 6.07) is 18.9.